The van der Waals surface area contributed by atoms with Crippen LogP contribution in [0.2, 0.25) is 0 Å². The number of hydrogen-bond donors (Lipinski definition) is 0. The van der Waals surface area contributed by atoms with Crippen molar-refractivity contribution in [1.82, 2.24) is 0 Å². The largest absolute Gasteiger partial charge is 0.469 e. The Bertz CT molecular complexity index is 323. The van der Waals surface area contributed by atoms with Crippen molar-refractivity contribution >= 4 is 17.7 Å². The van der Waals surface area contributed by atoms with E-state index in [1.807, 2.05) is 18.2 Å². The van der Waals surface area contributed by atoms with Gasteiger partial charge in [-0.25, -0.2) is 0 Å². The lowest BCUT2D eigenvalue weighted by Crippen LogP contribution is -2.05. The number of carbonyl (C=O) groups is 1. The fourth-order valence-corrected chi connectivity index (χ4v) is 2.15. The van der Waals surface area contributed by atoms with Gasteiger partial charge in [0, 0.05) is 4.90 Å². The molecule has 0 N–H and O–H groups in total. The third kappa shape index (κ3) is 3.96. The number of hydrogen-bond acceptors (Lipinski definition) is 3. The molecule has 2 nitrogen and oxygen atoms in total. The summed E-state index contributed by atoms with van der Waals surface area (Å²) in [6.45, 7) is 2.15. The number of benzene rings is 1. The molecule has 0 radical (unpaired) electrons. The molecule has 0 unspecified atom stereocenters. The maximum Gasteiger partial charge on any atom is 0.310 e. The van der Waals surface area contributed by atoms with Crippen LogP contribution in [0.25, 0.3) is 0 Å². The van der Waals surface area contributed by atoms with Crippen LogP contribution in [0.15, 0.2) is 29.2 Å². The lowest BCUT2D eigenvalue weighted by molar-refractivity contribution is -0.139. The average Bonchev–Trinajstić information content (AvgIpc) is 2.28. The van der Waals surface area contributed by atoms with Gasteiger partial charge < -0.3 is 4.74 Å². The van der Waals surface area contributed by atoms with Crippen molar-refractivity contribution in [1.29, 1.82) is 0 Å². The fourth-order valence-electron chi connectivity index (χ4n) is 1.23. The Morgan fingerprint density at radius 3 is 2.80 bits per heavy atom. The van der Waals surface area contributed by atoms with E-state index in [-0.39, 0.29) is 5.97 Å². The van der Waals surface area contributed by atoms with Gasteiger partial charge in [0.05, 0.1) is 13.5 Å². The van der Waals surface area contributed by atoms with E-state index in [2.05, 4.69) is 17.7 Å². The van der Waals surface area contributed by atoms with Gasteiger partial charge in [-0.2, -0.15) is 0 Å². The summed E-state index contributed by atoms with van der Waals surface area (Å²) >= 11 is 1.79. The molecule has 1 rings (SSSR count). The molecule has 0 saturated heterocycles. The van der Waals surface area contributed by atoms with E-state index < -0.39 is 0 Å². The van der Waals surface area contributed by atoms with Crippen LogP contribution in [0, 0.1) is 0 Å². The Labute approximate surface area is 95.0 Å². The minimum atomic E-state index is -0.181. The summed E-state index contributed by atoms with van der Waals surface area (Å²) in [6.07, 6.45) is 1.50. The molecule has 0 fully saturated rings. The Morgan fingerprint density at radius 1 is 1.40 bits per heavy atom. The molecule has 1 aromatic carbocycles. The van der Waals surface area contributed by atoms with E-state index >= 15 is 0 Å². The minimum Gasteiger partial charge on any atom is -0.469 e. The zero-order valence-electron chi connectivity index (χ0n) is 9.16. The van der Waals surface area contributed by atoms with Crippen molar-refractivity contribution in [2.45, 2.75) is 24.7 Å². The van der Waals surface area contributed by atoms with Gasteiger partial charge in [0.1, 0.15) is 0 Å². The SMILES string of the molecule is CCCSc1ccccc1CC(=O)OC. The van der Waals surface area contributed by atoms with Crippen LogP contribution in [-0.2, 0) is 16.0 Å². The molecule has 1 aromatic rings. The van der Waals surface area contributed by atoms with Crippen molar-refractivity contribution < 1.29 is 9.53 Å². The van der Waals surface area contributed by atoms with Gasteiger partial charge >= 0.3 is 5.97 Å². The predicted octanol–water partition coefficient (Wildman–Crippen LogP) is 2.90. The van der Waals surface area contributed by atoms with Gasteiger partial charge in [-0.05, 0) is 23.8 Å². The van der Waals surface area contributed by atoms with E-state index in [9.17, 15) is 4.79 Å². The first kappa shape index (κ1) is 12.1. The normalized spacial score (nSPS) is 10.0. The number of rotatable bonds is 5. The van der Waals surface area contributed by atoms with Crippen molar-refractivity contribution in [2.24, 2.45) is 0 Å². The fraction of sp³-hybridized carbons (Fsp3) is 0.417. The number of ether oxygens (including phenoxy) is 1. The van der Waals surface area contributed by atoms with Crippen LogP contribution in [-0.4, -0.2) is 18.8 Å². The third-order valence-electron chi connectivity index (χ3n) is 2.00. The lowest BCUT2D eigenvalue weighted by atomic mass is 10.1. The second kappa shape index (κ2) is 6.51. The Kier molecular flexibility index (Phi) is 5.26. The molecule has 82 valence electrons. The van der Waals surface area contributed by atoms with Gasteiger partial charge in [-0.15, -0.1) is 11.8 Å². The molecule has 0 amide bonds. The van der Waals surface area contributed by atoms with Crippen LogP contribution in [0.5, 0.6) is 0 Å². The van der Waals surface area contributed by atoms with Crippen molar-refractivity contribution in [3.05, 3.63) is 29.8 Å². The zero-order valence-corrected chi connectivity index (χ0v) is 9.97. The highest BCUT2D eigenvalue weighted by atomic mass is 32.2. The molecule has 0 heterocycles. The molecule has 0 saturated carbocycles. The second-order valence-corrected chi connectivity index (χ2v) is 4.35. The molecule has 0 atom stereocenters. The molecule has 0 spiro atoms. The summed E-state index contributed by atoms with van der Waals surface area (Å²) in [6, 6.07) is 7.99. The zero-order chi connectivity index (χ0) is 11.1. The van der Waals surface area contributed by atoms with Crippen molar-refractivity contribution in [3.8, 4) is 0 Å². The highest BCUT2D eigenvalue weighted by molar-refractivity contribution is 7.99. The standard InChI is InChI=1S/C12H16O2S/c1-3-8-15-11-7-5-4-6-10(11)9-12(13)14-2/h4-7H,3,8-9H2,1-2H3. The predicted molar refractivity (Wildman–Crippen MR) is 63.2 cm³/mol. The maximum atomic E-state index is 11.2. The van der Waals surface area contributed by atoms with Crippen molar-refractivity contribution in [3.63, 3.8) is 0 Å². The van der Waals surface area contributed by atoms with Gasteiger partial charge in [-0.1, -0.05) is 25.1 Å². The lowest BCUT2D eigenvalue weighted by Gasteiger charge is -2.07. The van der Waals surface area contributed by atoms with Crippen LogP contribution >= 0.6 is 11.8 Å². The second-order valence-electron chi connectivity index (χ2n) is 3.21. The molecule has 0 aliphatic rings. The molecule has 15 heavy (non-hydrogen) atoms. The highest BCUT2D eigenvalue weighted by Gasteiger charge is 2.07. The summed E-state index contributed by atoms with van der Waals surface area (Å²) in [5.41, 5.74) is 1.06. The van der Waals surface area contributed by atoms with Crippen molar-refractivity contribution in [2.75, 3.05) is 12.9 Å². The maximum absolute atomic E-state index is 11.2. The summed E-state index contributed by atoms with van der Waals surface area (Å²) in [5.74, 6) is 0.901. The Hall–Kier alpha value is -0.960. The van der Waals surface area contributed by atoms with Crippen LogP contribution < -0.4 is 0 Å². The van der Waals surface area contributed by atoms with Crippen LogP contribution in [0.1, 0.15) is 18.9 Å². The quantitative estimate of drug-likeness (QED) is 0.568. The molecule has 3 heteroatoms. The van der Waals surface area contributed by atoms with E-state index in [0.717, 1.165) is 17.7 Å². The summed E-state index contributed by atoms with van der Waals surface area (Å²) in [4.78, 5) is 12.4. The Balaban J connectivity index is 2.72. The van der Waals surface area contributed by atoms with Gasteiger partial charge in [0.2, 0.25) is 0 Å². The monoisotopic (exact) mass is 224 g/mol. The first-order chi connectivity index (χ1) is 7.27. The van der Waals surface area contributed by atoms with Crippen LogP contribution in [0.4, 0.5) is 0 Å². The highest BCUT2D eigenvalue weighted by Crippen LogP contribution is 2.23. The van der Waals surface area contributed by atoms with Gasteiger partial charge in [-0.3, -0.25) is 4.79 Å². The van der Waals surface area contributed by atoms with E-state index in [1.54, 1.807) is 11.8 Å². The van der Waals surface area contributed by atoms with Gasteiger partial charge in [0.15, 0.2) is 0 Å². The average molecular weight is 224 g/mol. The smallest absolute Gasteiger partial charge is 0.310 e. The number of thioether (sulfide) groups is 1. The van der Waals surface area contributed by atoms with E-state index in [1.165, 1.54) is 12.0 Å². The number of carbonyl (C=O) groups excluding carboxylic acids is 1. The molecular weight excluding hydrogens is 208 g/mol. The first-order valence-corrected chi connectivity index (χ1v) is 6.04. The number of esters is 1. The number of methoxy groups -OCH3 is 1. The molecule has 0 bridgehead atoms. The van der Waals surface area contributed by atoms with Gasteiger partial charge in [0.25, 0.3) is 0 Å². The molecule has 0 aliphatic carbocycles. The Morgan fingerprint density at radius 2 is 2.13 bits per heavy atom. The topological polar surface area (TPSA) is 26.3 Å². The minimum absolute atomic E-state index is 0.181. The molecule has 0 aliphatic heterocycles. The summed E-state index contributed by atoms with van der Waals surface area (Å²) in [5, 5.41) is 0. The summed E-state index contributed by atoms with van der Waals surface area (Å²) < 4.78 is 4.67. The van der Waals surface area contributed by atoms with Crippen LogP contribution in [0.3, 0.4) is 0 Å². The summed E-state index contributed by atoms with van der Waals surface area (Å²) in [7, 11) is 1.42. The molecule has 0 aromatic heterocycles. The first-order valence-electron chi connectivity index (χ1n) is 5.05. The van der Waals surface area contributed by atoms with E-state index in [0.29, 0.717) is 6.42 Å². The van der Waals surface area contributed by atoms with E-state index in [4.69, 9.17) is 0 Å². The molecular formula is C12H16O2S. The third-order valence-corrected chi connectivity index (χ3v) is 3.32.